The zero-order valence-electron chi connectivity index (χ0n) is 16.6. The van der Waals surface area contributed by atoms with E-state index in [0.717, 1.165) is 25.3 Å². The number of benzene rings is 2. The molecule has 1 heterocycles. The van der Waals surface area contributed by atoms with Gasteiger partial charge in [0.1, 0.15) is 10.6 Å². The van der Waals surface area contributed by atoms with E-state index in [1.165, 1.54) is 12.1 Å². The number of anilines is 1. The molecule has 0 aliphatic carbocycles. The van der Waals surface area contributed by atoms with Crippen LogP contribution in [0.1, 0.15) is 11.1 Å². The summed E-state index contributed by atoms with van der Waals surface area (Å²) in [5, 5.41) is 1.75. The number of methoxy groups -OCH3 is 1. The lowest BCUT2D eigenvalue weighted by Crippen LogP contribution is -2.53. The van der Waals surface area contributed by atoms with E-state index < -0.39 is 51.1 Å². The van der Waals surface area contributed by atoms with Crippen LogP contribution in [-0.2, 0) is 32.2 Å². The fourth-order valence-corrected chi connectivity index (χ4v) is 4.36. The van der Waals surface area contributed by atoms with Gasteiger partial charge in [0.15, 0.2) is 0 Å². The predicted molar refractivity (Wildman–Crippen MR) is 102 cm³/mol. The molecule has 2 atom stereocenters. The highest BCUT2D eigenvalue weighted by Gasteiger charge is 2.43. The summed E-state index contributed by atoms with van der Waals surface area (Å²) in [6.07, 6.45) is -11.4. The SMILES string of the molecule is COC1Oc2c(cccc2S(=O)(=O)Nc2ccc(C(F)(F)F)cc2)C[C@H]1NC(=O)C(F)(F)F. The number of carbonyl (C=O) groups is 1. The molecular formula is C19H16F6N2O5S. The Morgan fingerprint density at radius 3 is 2.24 bits per heavy atom. The summed E-state index contributed by atoms with van der Waals surface area (Å²) in [5.41, 5.74) is -0.957. The van der Waals surface area contributed by atoms with E-state index >= 15 is 0 Å². The maximum Gasteiger partial charge on any atom is 0.471 e. The van der Waals surface area contributed by atoms with Gasteiger partial charge in [0.05, 0.1) is 11.6 Å². The van der Waals surface area contributed by atoms with E-state index in [4.69, 9.17) is 9.47 Å². The molecule has 0 spiro atoms. The molecule has 180 valence electrons. The van der Waals surface area contributed by atoms with Gasteiger partial charge in [-0.3, -0.25) is 9.52 Å². The Balaban J connectivity index is 1.88. The van der Waals surface area contributed by atoms with E-state index in [-0.39, 0.29) is 23.4 Å². The lowest BCUT2D eigenvalue weighted by molar-refractivity contribution is -0.177. The number of halogens is 6. The molecule has 1 unspecified atom stereocenters. The number of carbonyl (C=O) groups excluding carboxylic acids is 1. The summed E-state index contributed by atoms with van der Waals surface area (Å²) in [7, 11) is -3.28. The Labute approximate surface area is 183 Å². The Morgan fingerprint density at radius 2 is 1.70 bits per heavy atom. The average Bonchev–Trinajstić information content (AvgIpc) is 2.71. The topological polar surface area (TPSA) is 93.7 Å². The summed E-state index contributed by atoms with van der Waals surface area (Å²) in [6.45, 7) is 0. The van der Waals surface area contributed by atoms with E-state index in [9.17, 15) is 39.6 Å². The largest absolute Gasteiger partial charge is 0.471 e. The highest BCUT2D eigenvalue weighted by atomic mass is 32.2. The maximum atomic E-state index is 12.9. The molecule has 0 saturated heterocycles. The Kier molecular flexibility index (Phi) is 6.53. The number of sulfonamides is 1. The van der Waals surface area contributed by atoms with Crippen molar-refractivity contribution in [2.24, 2.45) is 0 Å². The minimum Gasteiger partial charge on any atom is -0.461 e. The molecular weight excluding hydrogens is 482 g/mol. The van der Waals surface area contributed by atoms with Crippen molar-refractivity contribution in [1.82, 2.24) is 5.32 Å². The molecule has 0 aromatic heterocycles. The molecule has 1 aliphatic heterocycles. The van der Waals surface area contributed by atoms with Crippen molar-refractivity contribution >= 4 is 21.6 Å². The molecule has 33 heavy (non-hydrogen) atoms. The lowest BCUT2D eigenvalue weighted by atomic mass is 10.0. The monoisotopic (exact) mass is 498 g/mol. The van der Waals surface area contributed by atoms with Crippen molar-refractivity contribution in [1.29, 1.82) is 0 Å². The fourth-order valence-electron chi connectivity index (χ4n) is 3.12. The van der Waals surface area contributed by atoms with Gasteiger partial charge < -0.3 is 14.8 Å². The molecule has 2 N–H and O–H groups in total. The molecule has 3 rings (SSSR count). The molecule has 1 aliphatic rings. The number of rotatable bonds is 5. The first-order chi connectivity index (χ1) is 15.2. The van der Waals surface area contributed by atoms with Gasteiger partial charge in [0.2, 0.25) is 6.29 Å². The first-order valence-corrected chi connectivity index (χ1v) is 10.6. The molecule has 0 saturated carbocycles. The predicted octanol–water partition coefficient (Wildman–Crippen LogP) is 3.46. The summed E-state index contributed by atoms with van der Waals surface area (Å²) in [4.78, 5) is 10.9. The smallest absolute Gasteiger partial charge is 0.461 e. The van der Waals surface area contributed by atoms with Gasteiger partial charge >= 0.3 is 18.3 Å². The molecule has 0 bridgehead atoms. The number of amides is 1. The zero-order valence-corrected chi connectivity index (χ0v) is 17.4. The maximum absolute atomic E-state index is 12.9. The van der Waals surface area contributed by atoms with Crippen LogP contribution in [0.2, 0.25) is 0 Å². The van der Waals surface area contributed by atoms with Gasteiger partial charge in [-0.2, -0.15) is 26.3 Å². The van der Waals surface area contributed by atoms with Gasteiger partial charge in [-0.15, -0.1) is 0 Å². The minimum absolute atomic E-state index is 0.157. The quantitative estimate of drug-likeness (QED) is 0.616. The Hall–Kier alpha value is -3.00. The van der Waals surface area contributed by atoms with Crippen LogP contribution in [0.3, 0.4) is 0 Å². The second-order valence-corrected chi connectivity index (χ2v) is 8.58. The van der Waals surface area contributed by atoms with Crippen LogP contribution < -0.4 is 14.8 Å². The number of ether oxygens (including phenoxy) is 2. The number of nitrogens with one attached hydrogen (secondary N) is 2. The molecule has 1 amide bonds. The number of fused-ring (bicyclic) bond motifs is 1. The van der Waals surface area contributed by atoms with Gasteiger partial charge in [-0.25, -0.2) is 8.42 Å². The first-order valence-electron chi connectivity index (χ1n) is 9.11. The molecule has 0 fully saturated rings. The number of hydrogen-bond donors (Lipinski definition) is 2. The van der Waals surface area contributed by atoms with Crippen LogP contribution in [0.15, 0.2) is 47.4 Å². The molecule has 2 aromatic rings. The summed E-state index contributed by atoms with van der Waals surface area (Å²) >= 11 is 0. The van der Waals surface area contributed by atoms with Gasteiger partial charge in [0, 0.05) is 19.2 Å². The van der Waals surface area contributed by atoms with Crippen molar-refractivity contribution in [3.63, 3.8) is 0 Å². The van der Waals surface area contributed by atoms with Crippen LogP contribution in [0.4, 0.5) is 32.0 Å². The number of hydrogen-bond acceptors (Lipinski definition) is 5. The van der Waals surface area contributed by atoms with Crippen LogP contribution in [0, 0.1) is 0 Å². The first kappa shape index (κ1) is 24.6. The molecule has 0 radical (unpaired) electrons. The third-order valence-corrected chi connectivity index (χ3v) is 6.03. The fraction of sp³-hybridized carbons (Fsp3) is 0.316. The van der Waals surface area contributed by atoms with Crippen molar-refractivity contribution in [2.75, 3.05) is 11.8 Å². The van der Waals surface area contributed by atoms with Crippen LogP contribution >= 0.6 is 0 Å². The van der Waals surface area contributed by atoms with Gasteiger partial charge in [-0.05, 0) is 35.9 Å². The highest BCUT2D eigenvalue weighted by molar-refractivity contribution is 7.92. The van der Waals surface area contributed by atoms with Crippen molar-refractivity contribution in [3.05, 3.63) is 53.6 Å². The second-order valence-electron chi connectivity index (χ2n) is 6.93. The number of alkyl halides is 6. The minimum atomic E-state index is -5.14. The normalized spacial score (nSPS) is 18.8. The van der Waals surface area contributed by atoms with Crippen LogP contribution in [0.25, 0.3) is 0 Å². The third-order valence-electron chi connectivity index (χ3n) is 4.62. The van der Waals surface area contributed by atoms with Gasteiger partial charge in [0.25, 0.3) is 10.0 Å². The highest BCUT2D eigenvalue weighted by Crippen LogP contribution is 2.36. The number of para-hydroxylation sites is 1. The van der Waals surface area contributed by atoms with E-state index in [0.29, 0.717) is 12.1 Å². The van der Waals surface area contributed by atoms with Crippen molar-refractivity contribution in [3.8, 4) is 5.75 Å². The van der Waals surface area contributed by atoms with E-state index in [1.807, 2.05) is 0 Å². The van der Waals surface area contributed by atoms with Crippen molar-refractivity contribution < 1.29 is 49.0 Å². The van der Waals surface area contributed by atoms with E-state index in [1.54, 1.807) is 5.32 Å². The van der Waals surface area contributed by atoms with Gasteiger partial charge in [-0.1, -0.05) is 12.1 Å². The second kappa shape index (κ2) is 8.74. The standard InChI is InChI=1S/C19H16F6N2O5S/c1-31-16-13(26-17(28)19(23,24)25)9-10-3-2-4-14(15(10)32-16)33(29,30)27-12-7-5-11(6-8-12)18(20,21)22/h2-8,13,16,27H,9H2,1H3,(H,26,28)/t13-,16?/m1/s1. The van der Waals surface area contributed by atoms with Crippen LogP contribution in [0.5, 0.6) is 5.75 Å². The van der Waals surface area contributed by atoms with Crippen molar-refractivity contribution in [2.45, 2.75) is 36.0 Å². The Morgan fingerprint density at radius 1 is 1.06 bits per heavy atom. The average molecular weight is 498 g/mol. The molecule has 7 nitrogen and oxygen atoms in total. The summed E-state index contributed by atoms with van der Waals surface area (Å²) in [5.74, 6) is -2.43. The zero-order chi connectivity index (χ0) is 24.6. The lowest BCUT2D eigenvalue weighted by Gasteiger charge is -2.34. The van der Waals surface area contributed by atoms with Crippen LogP contribution in [-0.4, -0.2) is 39.9 Å². The summed E-state index contributed by atoms with van der Waals surface area (Å²) in [6, 6.07) is 5.83. The third kappa shape index (κ3) is 5.50. The van der Waals surface area contributed by atoms with E-state index in [2.05, 4.69) is 4.72 Å². The molecule has 2 aromatic carbocycles. The summed E-state index contributed by atoms with van der Waals surface area (Å²) < 4.78 is 114. The Bertz CT molecular complexity index is 1130. The molecule has 14 heteroatoms.